The maximum Gasteiger partial charge on any atom is 0.412 e. The topological polar surface area (TPSA) is 18.5 Å². The molecule has 3 aliphatic rings. The molecular weight excluding hydrogens is 427 g/mol. The first kappa shape index (κ1) is 23.7. The van der Waals surface area contributed by atoms with E-state index in [4.69, 9.17) is 9.47 Å². The number of hydrogen-bond donors (Lipinski definition) is 0. The van der Waals surface area contributed by atoms with Crippen molar-refractivity contribution in [2.45, 2.75) is 82.1 Å². The summed E-state index contributed by atoms with van der Waals surface area (Å²) < 4.78 is 77.4. The van der Waals surface area contributed by atoms with Gasteiger partial charge in [0.15, 0.2) is 6.29 Å². The Hall–Kier alpha value is -1.47. The lowest BCUT2D eigenvalue weighted by atomic mass is 9.76. The second kappa shape index (κ2) is 10.2. The molecule has 1 saturated heterocycles. The van der Waals surface area contributed by atoms with Crippen LogP contribution in [0.3, 0.4) is 0 Å². The summed E-state index contributed by atoms with van der Waals surface area (Å²) in [7, 11) is 0. The van der Waals surface area contributed by atoms with Gasteiger partial charge in [0.2, 0.25) is 0 Å². The number of hydrogen-bond acceptors (Lipinski definition) is 2. The number of ether oxygens (including phenoxy) is 2. The molecule has 0 unspecified atom stereocenters. The van der Waals surface area contributed by atoms with Gasteiger partial charge in [-0.15, -0.1) is 0 Å². The van der Waals surface area contributed by atoms with E-state index in [1.54, 1.807) is 6.07 Å². The van der Waals surface area contributed by atoms with Crippen LogP contribution in [-0.4, -0.2) is 25.7 Å². The van der Waals surface area contributed by atoms with Crippen molar-refractivity contribution in [3.05, 3.63) is 47.0 Å². The SMILES string of the molecule is F/C(=C\C(F)(F)F)C1CCC(c2ccc(C3CCC(C4OCCCO4)CC3)cc2F)CC1. The van der Waals surface area contributed by atoms with Gasteiger partial charge in [0.1, 0.15) is 11.6 Å². The van der Waals surface area contributed by atoms with E-state index in [-0.39, 0.29) is 24.1 Å². The molecule has 3 fully saturated rings. The van der Waals surface area contributed by atoms with E-state index in [9.17, 15) is 22.0 Å². The third-order valence-electron chi connectivity index (χ3n) is 7.36. The fraction of sp³-hybridized carbons (Fsp3) is 0.680. The third kappa shape index (κ3) is 5.90. The molecule has 0 bridgehead atoms. The molecule has 2 saturated carbocycles. The Bertz CT molecular complexity index is 784. The lowest BCUT2D eigenvalue weighted by Crippen LogP contribution is -2.34. The van der Waals surface area contributed by atoms with E-state index in [1.807, 2.05) is 12.1 Å². The first-order valence-electron chi connectivity index (χ1n) is 11.8. The summed E-state index contributed by atoms with van der Waals surface area (Å²) in [5, 5.41) is 0. The van der Waals surface area contributed by atoms with Crippen molar-refractivity contribution in [1.82, 2.24) is 0 Å². The van der Waals surface area contributed by atoms with Gasteiger partial charge in [0.05, 0.1) is 19.3 Å². The summed E-state index contributed by atoms with van der Waals surface area (Å²) >= 11 is 0. The van der Waals surface area contributed by atoms with Crippen LogP contribution in [0.15, 0.2) is 30.1 Å². The van der Waals surface area contributed by atoms with Crippen molar-refractivity contribution >= 4 is 0 Å². The molecule has 0 aromatic heterocycles. The molecule has 1 aromatic carbocycles. The maximum absolute atomic E-state index is 15.0. The molecule has 2 nitrogen and oxygen atoms in total. The molecule has 0 N–H and O–H groups in total. The van der Waals surface area contributed by atoms with Crippen molar-refractivity contribution in [1.29, 1.82) is 0 Å². The summed E-state index contributed by atoms with van der Waals surface area (Å²) in [4.78, 5) is 0. The van der Waals surface area contributed by atoms with Crippen LogP contribution >= 0.6 is 0 Å². The van der Waals surface area contributed by atoms with Gasteiger partial charge < -0.3 is 9.47 Å². The zero-order chi connectivity index (χ0) is 22.7. The molecule has 32 heavy (non-hydrogen) atoms. The second-order valence-corrected chi connectivity index (χ2v) is 9.48. The highest BCUT2D eigenvalue weighted by molar-refractivity contribution is 5.30. The minimum absolute atomic E-state index is 0.0738. The molecule has 0 radical (unpaired) electrons. The van der Waals surface area contributed by atoms with Gasteiger partial charge in [0.25, 0.3) is 0 Å². The highest BCUT2D eigenvalue weighted by Crippen LogP contribution is 2.43. The van der Waals surface area contributed by atoms with Crippen LogP contribution in [0, 0.1) is 17.7 Å². The second-order valence-electron chi connectivity index (χ2n) is 9.48. The molecule has 0 spiro atoms. The van der Waals surface area contributed by atoms with Crippen molar-refractivity contribution in [3.8, 4) is 0 Å². The van der Waals surface area contributed by atoms with E-state index >= 15 is 0 Å². The van der Waals surface area contributed by atoms with Gasteiger partial charge in [-0.25, -0.2) is 8.78 Å². The summed E-state index contributed by atoms with van der Waals surface area (Å²) in [5.74, 6) is -1.43. The Kier molecular flexibility index (Phi) is 7.55. The first-order valence-corrected chi connectivity index (χ1v) is 11.8. The number of alkyl halides is 3. The zero-order valence-corrected chi connectivity index (χ0v) is 18.2. The maximum atomic E-state index is 15.0. The predicted molar refractivity (Wildman–Crippen MR) is 111 cm³/mol. The Morgan fingerprint density at radius 1 is 0.875 bits per heavy atom. The molecule has 178 valence electrons. The largest absolute Gasteiger partial charge is 0.412 e. The lowest BCUT2D eigenvalue weighted by molar-refractivity contribution is -0.209. The van der Waals surface area contributed by atoms with Gasteiger partial charge in [0, 0.05) is 11.8 Å². The Labute approximate surface area is 186 Å². The van der Waals surface area contributed by atoms with Crippen LogP contribution < -0.4 is 0 Å². The fourth-order valence-corrected chi connectivity index (χ4v) is 5.59. The molecule has 0 amide bonds. The first-order chi connectivity index (χ1) is 15.3. The van der Waals surface area contributed by atoms with Crippen molar-refractivity contribution in [2.24, 2.45) is 11.8 Å². The normalized spacial score (nSPS) is 31.0. The number of benzene rings is 1. The Balaban J connectivity index is 1.32. The van der Waals surface area contributed by atoms with E-state index in [2.05, 4.69) is 0 Å². The van der Waals surface area contributed by atoms with E-state index < -0.39 is 17.9 Å². The third-order valence-corrected chi connectivity index (χ3v) is 7.36. The number of rotatable bonds is 4. The molecule has 7 heteroatoms. The Morgan fingerprint density at radius 3 is 2.09 bits per heavy atom. The molecule has 1 heterocycles. The van der Waals surface area contributed by atoms with Crippen LogP contribution in [-0.2, 0) is 9.47 Å². The summed E-state index contributed by atoms with van der Waals surface area (Å²) in [6, 6.07) is 5.45. The smallest absolute Gasteiger partial charge is 0.352 e. The summed E-state index contributed by atoms with van der Waals surface area (Å²) in [5.41, 5.74) is 1.60. The quantitative estimate of drug-likeness (QED) is 0.434. The molecule has 1 aromatic rings. The van der Waals surface area contributed by atoms with E-state index in [0.717, 1.165) is 50.9 Å². The van der Waals surface area contributed by atoms with Crippen LogP contribution in [0.4, 0.5) is 22.0 Å². The van der Waals surface area contributed by atoms with Crippen molar-refractivity contribution in [2.75, 3.05) is 13.2 Å². The highest BCUT2D eigenvalue weighted by atomic mass is 19.4. The number of halogens is 5. The average Bonchev–Trinajstić information content (AvgIpc) is 2.79. The van der Waals surface area contributed by atoms with Gasteiger partial charge >= 0.3 is 6.18 Å². The van der Waals surface area contributed by atoms with Gasteiger partial charge in [-0.1, -0.05) is 12.1 Å². The van der Waals surface area contributed by atoms with Gasteiger partial charge in [-0.2, -0.15) is 13.2 Å². The van der Waals surface area contributed by atoms with Crippen molar-refractivity contribution in [3.63, 3.8) is 0 Å². The zero-order valence-electron chi connectivity index (χ0n) is 18.2. The highest BCUT2D eigenvalue weighted by Gasteiger charge is 2.33. The molecule has 0 atom stereocenters. The predicted octanol–water partition coefficient (Wildman–Crippen LogP) is 7.55. The lowest BCUT2D eigenvalue weighted by Gasteiger charge is -2.35. The van der Waals surface area contributed by atoms with E-state index in [1.165, 1.54) is 0 Å². The number of allylic oxidation sites excluding steroid dienone is 2. The molecular formula is C25H31F5O2. The van der Waals surface area contributed by atoms with Crippen LogP contribution in [0.5, 0.6) is 0 Å². The van der Waals surface area contributed by atoms with Gasteiger partial charge in [-0.05, 0) is 86.8 Å². The average molecular weight is 459 g/mol. The summed E-state index contributed by atoms with van der Waals surface area (Å²) in [6.07, 6.45) is 1.50. The minimum atomic E-state index is -4.64. The van der Waals surface area contributed by atoms with E-state index in [0.29, 0.717) is 43.1 Å². The van der Waals surface area contributed by atoms with Crippen LogP contribution in [0.25, 0.3) is 0 Å². The monoisotopic (exact) mass is 458 g/mol. The molecule has 2 aliphatic carbocycles. The van der Waals surface area contributed by atoms with Gasteiger partial charge in [-0.3, -0.25) is 0 Å². The van der Waals surface area contributed by atoms with Crippen molar-refractivity contribution < 1.29 is 31.4 Å². The molecule has 4 rings (SSSR count). The minimum Gasteiger partial charge on any atom is -0.352 e. The standard InChI is InChI=1S/C25H31F5O2/c26-22-14-20(16-2-8-19(9-3-16)24-31-12-1-13-32-24)10-11-21(22)17-4-6-18(7-5-17)23(27)15-25(28,29)30/h10-11,14-19,24H,1-9,12-13H2/b23-15-. The Morgan fingerprint density at radius 2 is 1.50 bits per heavy atom. The van der Waals surface area contributed by atoms with Crippen LogP contribution in [0.2, 0.25) is 0 Å². The fourth-order valence-electron chi connectivity index (χ4n) is 5.59. The van der Waals surface area contributed by atoms with Crippen LogP contribution in [0.1, 0.15) is 80.8 Å². The molecule has 1 aliphatic heterocycles. The summed E-state index contributed by atoms with van der Waals surface area (Å²) in [6.45, 7) is 1.51.